The second-order valence-electron chi connectivity index (χ2n) is 5.96. The van der Waals surface area contributed by atoms with Crippen molar-refractivity contribution in [2.24, 2.45) is 10.2 Å². The van der Waals surface area contributed by atoms with Crippen LogP contribution in [0.1, 0.15) is 38.5 Å². The van der Waals surface area contributed by atoms with Crippen LogP contribution in [0, 0.1) is 0 Å². The fourth-order valence-electron chi connectivity index (χ4n) is 2.69. The van der Waals surface area contributed by atoms with Gasteiger partial charge in [-0.05, 0) is 37.8 Å². The second-order valence-corrected chi connectivity index (χ2v) is 7.56. The Hall–Kier alpha value is -1.86. The lowest BCUT2D eigenvalue weighted by atomic mass is 9.99. The van der Waals surface area contributed by atoms with Crippen molar-refractivity contribution < 1.29 is 9.59 Å². The molecule has 2 fully saturated rings. The van der Waals surface area contributed by atoms with E-state index in [4.69, 9.17) is 11.6 Å². The van der Waals surface area contributed by atoms with Crippen LogP contribution in [0.5, 0.6) is 0 Å². The van der Waals surface area contributed by atoms with Crippen molar-refractivity contribution in [3.8, 4) is 0 Å². The number of carbonyl (C=O) groups excluding carboxylic acids is 2. The number of hydrogen-bond acceptors (Lipinski definition) is 5. The largest absolute Gasteiger partial charge is 0.325 e. The summed E-state index contributed by atoms with van der Waals surface area (Å²) in [6, 6.07) is 6.99. The molecular formula is C17H19ClN4O2S. The third kappa shape index (κ3) is 5.06. The molecule has 1 aromatic rings. The molecule has 2 aliphatic rings. The molecule has 1 aromatic carbocycles. The molecule has 1 aliphatic carbocycles. The molecule has 1 atom stereocenters. The summed E-state index contributed by atoms with van der Waals surface area (Å²) in [6.45, 7) is 0. The molecule has 0 spiro atoms. The minimum absolute atomic E-state index is 0.0529. The summed E-state index contributed by atoms with van der Waals surface area (Å²) in [5.74, 6) is -0.484. The first-order valence-electron chi connectivity index (χ1n) is 8.27. The van der Waals surface area contributed by atoms with Gasteiger partial charge in [0.1, 0.15) is 5.25 Å². The van der Waals surface area contributed by atoms with Gasteiger partial charge < -0.3 is 10.6 Å². The summed E-state index contributed by atoms with van der Waals surface area (Å²) >= 11 is 7.26. The number of thioether (sulfide) groups is 1. The normalized spacial score (nSPS) is 22.0. The van der Waals surface area contributed by atoms with Crippen LogP contribution in [-0.4, -0.2) is 27.9 Å². The molecule has 25 heavy (non-hydrogen) atoms. The highest BCUT2D eigenvalue weighted by Crippen LogP contribution is 2.25. The van der Waals surface area contributed by atoms with Gasteiger partial charge in [-0.2, -0.15) is 5.10 Å². The summed E-state index contributed by atoms with van der Waals surface area (Å²) < 4.78 is 0. The third-order valence-electron chi connectivity index (χ3n) is 4.01. The van der Waals surface area contributed by atoms with Crippen molar-refractivity contribution in [2.45, 2.75) is 43.8 Å². The minimum Gasteiger partial charge on any atom is -0.325 e. The molecule has 3 rings (SSSR count). The maximum Gasteiger partial charge on any atom is 0.240 e. The number of amides is 2. The van der Waals surface area contributed by atoms with E-state index >= 15 is 0 Å². The van der Waals surface area contributed by atoms with Crippen molar-refractivity contribution in [1.29, 1.82) is 0 Å². The monoisotopic (exact) mass is 378 g/mol. The van der Waals surface area contributed by atoms with Crippen LogP contribution in [0.25, 0.3) is 0 Å². The van der Waals surface area contributed by atoms with Crippen LogP contribution in [0.3, 0.4) is 0 Å². The molecule has 1 saturated heterocycles. The number of carbonyl (C=O) groups is 2. The summed E-state index contributed by atoms with van der Waals surface area (Å²) in [4.78, 5) is 24.2. The summed E-state index contributed by atoms with van der Waals surface area (Å²) in [5.41, 5.74) is 1.61. The van der Waals surface area contributed by atoms with E-state index in [0.29, 0.717) is 15.9 Å². The lowest BCUT2D eigenvalue weighted by Crippen LogP contribution is -2.28. The van der Waals surface area contributed by atoms with Gasteiger partial charge in [-0.25, -0.2) is 0 Å². The first-order valence-corrected chi connectivity index (χ1v) is 9.53. The van der Waals surface area contributed by atoms with Gasteiger partial charge in [0, 0.05) is 12.1 Å². The minimum atomic E-state index is -0.507. The van der Waals surface area contributed by atoms with E-state index < -0.39 is 5.25 Å². The quantitative estimate of drug-likeness (QED) is 0.785. The maximum absolute atomic E-state index is 12.1. The molecule has 0 aromatic heterocycles. The van der Waals surface area contributed by atoms with E-state index in [1.54, 1.807) is 24.3 Å². The van der Waals surface area contributed by atoms with Gasteiger partial charge in [0.25, 0.3) is 0 Å². The molecule has 1 aliphatic heterocycles. The van der Waals surface area contributed by atoms with Gasteiger partial charge in [-0.1, -0.05) is 41.9 Å². The zero-order chi connectivity index (χ0) is 17.6. The Morgan fingerprint density at radius 3 is 2.76 bits per heavy atom. The number of halogens is 1. The van der Waals surface area contributed by atoms with E-state index in [9.17, 15) is 9.59 Å². The van der Waals surface area contributed by atoms with Gasteiger partial charge in [0.15, 0.2) is 5.17 Å². The van der Waals surface area contributed by atoms with Crippen LogP contribution in [0.2, 0.25) is 5.02 Å². The average molecular weight is 379 g/mol. The van der Waals surface area contributed by atoms with E-state index in [1.807, 2.05) is 0 Å². The Labute approximate surface area is 155 Å². The van der Waals surface area contributed by atoms with E-state index in [0.717, 1.165) is 31.4 Å². The molecule has 132 valence electrons. The van der Waals surface area contributed by atoms with Gasteiger partial charge in [0.05, 0.1) is 10.7 Å². The number of anilines is 1. The second kappa shape index (κ2) is 8.49. The summed E-state index contributed by atoms with van der Waals surface area (Å²) in [5, 5.41) is 14.2. The van der Waals surface area contributed by atoms with Crippen LogP contribution in [-0.2, 0) is 9.59 Å². The summed E-state index contributed by atoms with van der Waals surface area (Å²) in [6.07, 6.45) is 5.53. The fourth-order valence-corrected chi connectivity index (χ4v) is 3.80. The first-order chi connectivity index (χ1) is 12.1. The predicted molar refractivity (Wildman–Crippen MR) is 102 cm³/mol. The van der Waals surface area contributed by atoms with E-state index in [1.165, 1.54) is 18.2 Å². The van der Waals surface area contributed by atoms with E-state index in [-0.39, 0.29) is 18.2 Å². The third-order valence-corrected chi connectivity index (χ3v) is 5.41. The Morgan fingerprint density at radius 1 is 1.24 bits per heavy atom. The number of hydrogen-bond donors (Lipinski definition) is 2. The van der Waals surface area contributed by atoms with Crippen LogP contribution in [0.4, 0.5) is 5.69 Å². The zero-order valence-electron chi connectivity index (χ0n) is 13.6. The molecule has 0 bridgehead atoms. The zero-order valence-corrected chi connectivity index (χ0v) is 15.2. The van der Waals surface area contributed by atoms with Crippen molar-refractivity contribution in [2.75, 3.05) is 5.32 Å². The highest BCUT2D eigenvalue weighted by atomic mass is 35.5. The van der Waals surface area contributed by atoms with Gasteiger partial charge in [-0.3, -0.25) is 9.59 Å². The lowest BCUT2D eigenvalue weighted by Gasteiger charge is -2.10. The molecule has 2 amide bonds. The van der Waals surface area contributed by atoms with Gasteiger partial charge in [0.2, 0.25) is 11.8 Å². The Kier molecular flexibility index (Phi) is 6.09. The lowest BCUT2D eigenvalue weighted by molar-refractivity contribution is -0.122. The SMILES string of the molecule is O=C(C[C@@H]1S/C(=N/N=C2CCCCC2)NC1=O)Nc1ccccc1Cl. The average Bonchev–Trinajstić information content (AvgIpc) is 2.96. The number of nitrogens with zero attached hydrogens (tertiary/aromatic N) is 2. The number of nitrogens with one attached hydrogen (secondary N) is 2. The van der Waals surface area contributed by atoms with Crippen molar-refractivity contribution in [1.82, 2.24) is 5.32 Å². The number of rotatable bonds is 4. The number of para-hydroxylation sites is 1. The smallest absolute Gasteiger partial charge is 0.240 e. The van der Waals surface area contributed by atoms with E-state index in [2.05, 4.69) is 20.8 Å². The number of benzene rings is 1. The van der Waals surface area contributed by atoms with Crippen molar-refractivity contribution in [3.05, 3.63) is 29.3 Å². The molecule has 6 nitrogen and oxygen atoms in total. The van der Waals surface area contributed by atoms with Crippen molar-refractivity contribution in [3.63, 3.8) is 0 Å². The molecule has 0 unspecified atom stereocenters. The van der Waals surface area contributed by atoms with Gasteiger partial charge in [-0.15, -0.1) is 5.10 Å². The molecule has 2 N–H and O–H groups in total. The predicted octanol–water partition coefficient (Wildman–Crippen LogP) is 3.58. The Balaban J connectivity index is 1.55. The highest BCUT2D eigenvalue weighted by molar-refractivity contribution is 8.15. The highest BCUT2D eigenvalue weighted by Gasteiger charge is 2.32. The van der Waals surface area contributed by atoms with Crippen LogP contribution in [0.15, 0.2) is 34.5 Å². The molecule has 1 heterocycles. The Bertz CT molecular complexity index is 727. The van der Waals surface area contributed by atoms with Crippen LogP contribution < -0.4 is 10.6 Å². The summed E-state index contributed by atoms with van der Waals surface area (Å²) in [7, 11) is 0. The van der Waals surface area contributed by atoms with Crippen LogP contribution >= 0.6 is 23.4 Å². The molecule has 8 heteroatoms. The maximum atomic E-state index is 12.1. The topological polar surface area (TPSA) is 82.9 Å². The Morgan fingerprint density at radius 2 is 2.00 bits per heavy atom. The standard InChI is InChI=1S/C17H19ClN4O2S/c18-12-8-4-5-9-13(12)19-15(23)10-14-16(24)20-17(25-14)22-21-11-6-2-1-3-7-11/h4-5,8-9,14H,1-3,6-7,10H2,(H,19,23)(H,20,22,24)/t14-/m0/s1. The van der Waals surface area contributed by atoms with Crippen molar-refractivity contribution >= 4 is 51.7 Å². The number of amidine groups is 1. The van der Waals surface area contributed by atoms with Gasteiger partial charge >= 0.3 is 0 Å². The molecular weight excluding hydrogens is 360 g/mol. The first kappa shape index (κ1) is 17.9. The fraction of sp³-hybridized carbons (Fsp3) is 0.412. The molecule has 1 saturated carbocycles. The molecule has 0 radical (unpaired) electrons.